The third-order valence-electron chi connectivity index (χ3n) is 3.50. The van der Waals surface area contributed by atoms with E-state index in [-0.39, 0.29) is 0 Å². The van der Waals surface area contributed by atoms with Crippen LogP contribution in [0.5, 0.6) is 0 Å². The summed E-state index contributed by atoms with van der Waals surface area (Å²) in [5.41, 5.74) is -0.730. The number of alkyl halides is 3. The molecule has 1 aliphatic heterocycles. The molecule has 2 rings (SSSR count). The second-order valence-electron chi connectivity index (χ2n) is 4.93. The molecular formula is C13H10F5NO3. The molecule has 1 aromatic rings. The van der Waals surface area contributed by atoms with E-state index in [0.29, 0.717) is 17.0 Å². The predicted molar refractivity (Wildman–Crippen MR) is 62.9 cm³/mol. The van der Waals surface area contributed by atoms with Gasteiger partial charge in [-0.05, 0) is 18.2 Å². The molecule has 1 fully saturated rings. The molecule has 9 heteroatoms. The molecule has 0 radical (unpaired) electrons. The summed E-state index contributed by atoms with van der Waals surface area (Å²) in [5.74, 6) is -8.96. The summed E-state index contributed by atoms with van der Waals surface area (Å²) < 4.78 is 65.0. The van der Waals surface area contributed by atoms with Gasteiger partial charge in [0.1, 0.15) is 11.6 Å². The van der Waals surface area contributed by atoms with Crippen LogP contribution in [0.25, 0.3) is 0 Å². The maximum absolute atomic E-state index is 13.5. The van der Waals surface area contributed by atoms with Crippen molar-refractivity contribution in [3.05, 3.63) is 35.4 Å². The zero-order valence-electron chi connectivity index (χ0n) is 10.9. The van der Waals surface area contributed by atoms with Crippen molar-refractivity contribution in [2.24, 2.45) is 11.8 Å². The van der Waals surface area contributed by atoms with E-state index in [0.717, 1.165) is 6.07 Å². The lowest BCUT2D eigenvalue weighted by Gasteiger charge is -2.18. The fourth-order valence-corrected chi connectivity index (χ4v) is 2.38. The molecule has 0 saturated carbocycles. The summed E-state index contributed by atoms with van der Waals surface area (Å²) in [4.78, 5) is 23.5. The quantitative estimate of drug-likeness (QED) is 0.850. The zero-order chi connectivity index (χ0) is 16.7. The average Bonchev–Trinajstić information content (AvgIpc) is 2.86. The van der Waals surface area contributed by atoms with Crippen molar-refractivity contribution in [1.29, 1.82) is 0 Å². The van der Waals surface area contributed by atoms with Crippen molar-refractivity contribution < 1.29 is 36.6 Å². The first kappa shape index (κ1) is 16.2. The van der Waals surface area contributed by atoms with Gasteiger partial charge in [-0.15, -0.1) is 0 Å². The normalized spacial score (nSPS) is 22.0. The Hall–Kier alpha value is -2.19. The second-order valence-corrected chi connectivity index (χ2v) is 4.93. The summed E-state index contributed by atoms with van der Waals surface area (Å²) in [5, 5.41) is 8.84. The van der Waals surface area contributed by atoms with Crippen LogP contribution in [-0.2, 0) is 4.79 Å². The number of carboxylic acids is 1. The maximum atomic E-state index is 13.5. The van der Waals surface area contributed by atoms with Gasteiger partial charge in [0.2, 0.25) is 0 Å². The van der Waals surface area contributed by atoms with Crippen LogP contribution >= 0.6 is 0 Å². The monoisotopic (exact) mass is 323 g/mol. The van der Waals surface area contributed by atoms with Gasteiger partial charge in [0.25, 0.3) is 5.91 Å². The molecule has 0 aliphatic carbocycles. The molecule has 120 valence electrons. The zero-order valence-corrected chi connectivity index (χ0v) is 10.9. The van der Waals surface area contributed by atoms with Gasteiger partial charge in [0.05, 0.1) is 17.4 Å². The van der Waals surface area contributed by atoms with Crippen LogP contribution in [0.1, 0.15) is 10.4 Å². The minimum absolute atomic E-state index is 0.564. The molecule has 1 aliphatic rings. The van der Waals surface area contributed by atoms with E-state index in [1.54, 1.807) is 0 Å². The Morgan fingerprint density at radius 1 is 1.18 bits per heavy atom. The fourth-order valence-electron chi connectivity index (χ4n) is 2.38. The molecule has 1 heterocycles. The Morgan fingerprint density at radius 3 is 2.32 bits per heavy atom. The number of likely N-dealkylation sites (tertiary alicyclic amines) is 1. The van der Waals surface area contributed by atoms with Crippen molar-refractivity contribution in [3.63, 3.8) is 0 Å². The Bertz CT molecular complexity index is 616. The molecule has 0 aromatic heterocycles. The first-order valence-electron chi connectivity index (χ1n) is 6.15. The SMILES string of the molecule is O=C(O)[C@@H]1CN(C(=O)c2cc(F)ccc2F)C[C@H]1C(F)(F)F. The molecule has 1 saturated heterocycles. The number of carboxylic acid groups (broad SMARTS) is 1. The number of amides is 1. The predicted octanol–water partition coefficient (Wildman–Crippen LogP) is 2.30. The van der Waals surface area contributed by atoms with Gasteiger partial charge in [-0.25, -0.2) is 8.78 Å². The summed E-state index contributed by atoms with van der Waals surface area (Å²) in [6.45, 7) is -1.62. The summed E-state index contributed by atoms with van der Waals surface area (Å²) in [6, 6.07) is 2.00. The average molecular weight is 323 g/mol. The van der Waals surface area contributed by atoms with Crippen LogP contribution in [0.2, 0.25) is 0 Å². The first-order valence-corrected chi connectivity index (χ1v) is 6.15. The summed E-state index contributed by atoms with van der Waals surface area (Å²) in [6.07, 6.45) is -4.81. The number of nitrogens with zero attached hydrogens (tertiary/aromatic N) is 1. The Kier molecular flexibility index (Phi) is 4.08. The Morgan fingerprint density at radius 2 is 1.82 bits per heavy atom. The lowest BCUT2D eigenvalue weighted by Crippen LogP contribution is -2.34. The standard InChI is InChI=1S/C13H10F5NO3/c14-6-1-2-10(15)7(3-6)11(20)19-4-8(12(21)22)9(5-19)13(16,17)18/h1-3,8-9H,4-5H2,(H,21,22)/t8-,9-/m1/s1. The molecule has 1 aromatic carbocycles. The molecule has 1 amide bonds. The van der Waals surface area contributed by atoms with Gasteiger partial charge in [0.15, 0.2) is 0 Å². The van der Waals surface area contributed by atoms with Gasteiger partial charge in [-0.2, -0.15) is 13.2 Å². The third kappa shape index (κ3) is 3.02. The minimum Gasteiger partial charge on any atom is -0.481 e. The topological polar surface area (TPSA) is 57.6 Å². The molecule has 0 spiro atoms. The number of carbonyl (C=O) groups excluding carboxylic acids is 1. The number of hydrogen-bond donors (Lipinski definition) is 1. The van der Waals surface area contributed by atoms with E-state index in [1.807, 2.05) is 0 Å². The third-order valence-corrected chi connectivity index (χ3v) is 3.50. The minimum atomic E-state index is -4.81. The molecular weight excluding hydrogens is 313 g/mol. The highest BCUT2D eigenvalue weighted by Gasteiger charge is 2.53. The van der Waals surface area contributed by atoms with Crippen LogP contribution in [0.15, 0.2) is 18.2 Å². The van der Waals surface area contributed by atoms with Gasteiger partial charge >= 0.3 is 12.1 Å². The number of benzene rings is 1. The van der Waals surface area contributed by atoms with E-state index in [2.05, 4.69) is 0 Å². The van der Waals surface area contributed by atoms with Gasteiger partial charge in [-0.3, -0.25) is 9.59 Å². The fraction of sp³-hybridized carbons (Fsp3) is 0.385. The molecule has 4 nitrogen and oxygen atoms in total. The highest BCUT2D eigenvalue weighted by atomic mass is 19.4. The van der Waals surface area contributed by atoms with E-state index in [1.165, 1.54) is 0 Å². The maximum Gasteiger partial charge on any atom is 0.394 e. The van der Waals surface area contributed by atoms with Crippen molar-refractivity contribution >= 4 is 11.9 Å². The van der Waals surface area contributed by atoms with Crippen LogP contribution < -0.4 is 0 Å². The Balaban J connectivity index is 2.29. The molecule has 0 bridgehead atoms. The number of rotatable bonds is 2. The van der Waals surface area contributed by atoms with E-state index < -0.39 is 60.2 Å². The van der Waals surface area contributed by atoms with E-state index >= 15 is 0 Å². The molecule has 1 N–H and O–H groups in total. The summed E-state index contributed by atoms with van der Waals surface area (Å²) in [7, 11) is 0. The highest BCUT2D eigenvalue weighted by Crippen LogP contribution is 2.38. The lowest BCUT2D eigenvalue weighted by atomic mass is 9.96. The number of carbonyl (C=O) groups is 2. The smallest absolute Gasteiger partial charge is 0.394 e. The van der Waals surface area contributed by atoms with Crippen LogP contribution in [0.4, 0.5) is 22.0 Å². The summed E-state index contributed by atoms with van der Waals surface area (Å²) >= 11 is 0. The van der Waals surface area contributed by atoms with Gasteiger partial charge in [-0.1, -0.05) is 0 Å². The first-order chi connectivity index (χ1) is 10.1. The van der Waals surface area contributed by atoms with E-state index in [9.17, 15) is 31.5 Å². The number of aliphatic carboxylic acids is 1. The number of halogens is 5. The van der Waals surface area contributed by atoms with Crippen molar-refractivity contribution in [1.82, 2.24) is 4.90 Å². The molecule has 0 unspecified atom stereocenters. The largest absolute Gasteiger partial charge is 0.481 e. The van der Waals surface area contributed by atoms with Crippen molar-refractivity contribution in [3.8, 4) is 0 Å². The van der Waals surface area contributed by atoms with Crippen LogP contribution in [-0.4, -0.2) is 41.1 Å². The highest BCUT2D eigenvalue weighted by molar-refractivity contribution is 5.95. The van der Waals surface area contributed by atoms with Crippen molar-refractivity contribution in [2.75, 3.05) is 13.1 Å². The van der Waals surface area contributed by atoms with Crippen LogP contribution in [0, 0.1) is 23.5 Å². The molecule has 22 heavy (non-hydrogen) atoms. The van der Waals surface area contributed by atoms with Gasteiger partial charge < -0.3 is 10.0 Å². The molecule has 2 atom stereocenters. The number of hydrogen-bond acceptors (Lipinski definition) is 2. The second kappa shape index (κ2) is 5.54. The lowest BCUT2D eigenvalue weighted by molar-refractivity contribution is -0.187. The van der Waals surface area contributed by atoms with Crippen LogP contribution in [0.3, 0.4) is 0 Å². The van der Waals surface area contributed by atoms with Gasteiger partial charge in [0, 0.05) is 13.1 Å². The van der Waals surface area contributed by atoms with Crippen molar-refractivity contribution in [2.45, 2.75) is 6.18 Å². The Labute approximate surface area is 121 Å². The van der Waals surface area contributed by atoms with E-state index in [4.69, 9.17) is 5.11 Å².